The standard InChI is InChI=1S/C10H17N3O2/c1-4-15-10(14)8(2)13-6-9(5-11-3)12-7-13/h6-8,11H,4-5H2,1-3H3. The summed E-state index contributed by atoms with van der Waals surface area (Å²) in [5.74, 6) is -0.231. The number of esters is 1. The third-order valence-corrected chi connectivity index (χ3v) is 2.09. The third-order valence-electron chi connectivity index (χ3n) is 2.09. The zero-order valence-corrected chi connectivity index (χ0v) is 9.36. The molecule has 1 aromatic rings. The Hall–Kier alpha value is -1.36. The minimum Gasteiger partial charge on any atom is -0.464 e. The Morgan fingerprint density at radius 1 is 1.73 bits per heavy atom. The van der Waals surface area contributed by atoms with E-state index in [1.165, 1.54) is 0 Å². The SMILES string of the molecule is CCOC(=O)C(C)n1cnc(CNC)c1. The van der Waals surface area contributed by atoms with Crippen molar-refractivity contribution < 1.29 is 9.53 Å². The predicted molar refractivity (Wildman–Crippen MR) is 56.3 cm³/mol. The summed E-state index contributed by atoms with van der Waals surface area (Å²) >= 11 is 0. The normalized spacial score (nSPS) is 12.5. The first kappa shape index (κ1) is 11.7. The van der Waals surface area contributed by atoms with Gasteiger partial charge in [-0.1, -0.05) is 0 Å². The van der Waals surface area contributed by atoms with Gasteiger partial charge in [-0.15, -0.1) is 0 Å². The van der Waals surface area contributed by atoms with Crippen molar-refractivity contribution >= 4 is 5.97 Å². The minimum atomic E-state index is -0.317. The highest BCUT2D eigenvalue weighted by Gasteiger charge is 2.15. The van der Waals surface area contributed by atoms with Gasteiger partial charge in [0.15, 0.2) is 0 Å². The molecule has 0 aliphatic carbocycles. The number of ether oxygens (including phenoxy) is 1. The number of rotatable bonds is 5. The molecule has 0 aromatic carbocycles. The maximum atomic E-state index is 11.4. The van der Waals surface area contributed by atoms with Crippen molar-refractivity contribution in [2.24, 2.45) is 0 Å². The Kier molecular flexibility index (Phi) is 4.30. The van der Waals surface area contributed by atoms with E-state index in [-0.39, 0.29) is 12.0 Å². The van der Waals surface area contributed by atoms with Crippen LogP contribution in [-0.4, -0.2) is 29.2 Å². The highest BCUT2D eigenvalue weighted by molar-refractivity contribution is 5.73. The summed E-state index contributed by atoms with van der Waals surface area (Å²) in [4.78, 5) is 15.6. The van der Waals surface area contributed by atoms with Gasteiger partial charge in [-0.2, -0.15) is 0 Å². The molecule has 1 heterocycles. The Labute approximate surface area is 89.4 Å². The first-order valence-electron chi connectivity index (χ1n) is 5.02. The molecule has 5 heteroatoms. The number of nitrogens with one attached hydrogen (secondary N) is 1. The summed E-state index contributed by atoms with van der Waals surface area (Å²) in [5, 5.41) is 3.00. The lowest BCUT2D eigenvalue weighted by Gasteiger charge is -2.10. The second-order valence-electron chi connectivity index (χ2n) is 3.27. The second-order valence-corrected chi connectivity index (χ2v) is 3.27. The molecule has 15 heavy (non-hydrogen) atoms. The number of imidazole rings is 1. The first-order chi connectivity index (χ1) is 7.19. The predicted octanol–water partition coefficient (Wildman–Crippen LogP) is 0.727. The van der Waals surface area contributed by atoms with Gasteiger partial charge in [0, 0.05) is 12.7 Å². The fourth-order valence-corrected chi connectivity index (χ4v) is 1.25. The van der Waals surface area contributed by atoms with Crippen molar-refractivity contribution in [2.45, 2.75) is 26.4 Å². The maximum Gasteiger partial charge on any atom is 0.328 e. The Balaban J connectivity index is 2.64. The van der Waals surface area contributed by atoms with Gasteiger partial charge < -0.3 is 14.6 Å². The Morgan fingerprint density at radius 3 is 3.07 bits per heavy atom. The quantitative estimate of drug-likeness (QED) is 0.729. The molecule has 0 radical (unpaired) electrons. The molecule has 0 saturated heterocycles. The van der Waals surface area contributed by atoms with E-state index < -0.39 is 0 Å². The topological polar surface area (TPSA) is 56.2 Å². The molecule has 1 aromatic heterocycles. The van der Waals surface area contributed by atoms with Crippen LogP contribution in [0, 0.1) is 0 Å². The highest BCUT2D eigenvalue weighted by atomic mass is 16.5. The summed E-state index contributed by atoms with van der Waals surface area (Å²) in [7, 11) is 1.85. The fourth-order valence-electron chi connectivity index (χ4n) is 1.25. The summed E-state index contributed by atoms with van der Waals surface area (Å²) in [6, 6.07) is -0.317. The molecule has 0 aliphatic heterocycles. The fraction of sp³-hybridized carbons (Fsp3) is 0.600. The van der Waals surface area contributed by atoms with Gasteiger partial charge >= 0.3 is 5.97 Å². The monoisotopic (exact) mass is 211 g/mol. The van der Waals surface area contributed by atoms with Gasteiger partial charge in [-0.3, -0.25) is 0 Å². The van der Waals surface area contributed by atoms with E-state index in [0.29, 0.717) is 13.2 Å². The molecule has 0 amide bonds. The number of carbonyl (C=O) groups excluding carboxylic acids is 1. The van der Waals surface area contributed by atoms with Crippen LogP contribution in [0.25, 0.3) is 0 Å². The van der Waals surface area contributed by atoms with Crippen molar-refractivity contribution in [3.05, 3.63) is 18.2 Å². The summed E-state index contributed by atoms with van der Waals surface area (Å²) in [6.07, 6.45) is 3.49. The zero-order valence-electron chi connectivity index (χ0n) is 9.36. The van der Waals surface area contributed by atoms with Crippen LogP contribution < -0.4 is 5.32 Å². The summed E-state index contributed by atoms with van der Waals surface area (Å²) < 4.78 is 6.68. The van der Waals surface area contributed by atoms with E-state index in [2.05, 4.69) is 10.3 Å². The second kappa shape index (κ2) is 5.50. The molecule has 1 unspecified atom stereocenters. The highest BCUT2D eigenvalue weighted by Crippen LogP contribution is 2.08. The van der Waals surface area contributed by atoms with E-state index >= 15 is 0 Å². The van der Waals surface area contributed by atoms with Crippen LogP contribution in [0.5, 0.6) is 0 Å². The molecule has 1 rings (SSSR count). The molecule has 0 saturated carbocycles. The number of hydrogen-bond donors (Lipinski definition) is 1. The maximum absolute atomic E-state index is 11.4. The van der Waals surface area contributed by atoms with Gasteiger partial charge in [-0.05, 0) is 20.9 Å². The number of nitrogens with zero attached hydrogens (tertiary/aromatic N) is 2. The van der Waals surface area contributed by atoms with Crippen molar-refractivity contribution in [2.75, 3.05) is 13.7 Å². The number of hydrogen-bond acceptors (Lipinski definition) is 4. The summed E-state index contributed by atoms with van der Waals surface area (Å²) in [6.45, 7) is 4.69. The molecular weight excluding hydrogens is 194 g/mol. The van der Waals surface area contributed by atoms with Crippen molar-refractivity contribution in [3.63, 3.8) is 0 Å². The van der Waals surface area contributed by atoms with Crippen LogP contribution in [0.3, 0.4) is 0 Å². The van der Waals surface area contributed by atoms with Crippen molar-refractivity contribution in [1.82, 2.24) is 14.9 Å². The molecule has 5 nitrogen and oxygen atoms in total. The lowest BCUT2D eigenvalue weighted by molar-refractivity contribution is -0.146. The van der Waals surface area contributed by atoms with E-state index in [4.69, 9.17) is 4.74 Å². The molecule has 0 bridgehead atoms. The Morgan fingerprint density at radius 2 is 2.47 bits per heavy atom. The first-order valence-corrected chi connectivity index (χ1v) is 5.02. The van der Waals surface area contributed by atoms with Crippen molar-refractivity contribution in [3.8, 4) is 0 Å². The van der Waals surface area contributed by atoms with Crippen LogP contribution in [0.2, 0.25) is 0 Å². The van der Waals surface area contributed by atoms with Gasteiger partial charge in [-0.25, -0.2) is 9.78 Å². The van der Waals surface area contributed by atoms with E-state index in [0.717, 1.165) is 5.69 Å². The lowest BCUT2D eigenvalue weighted by Crippen LogP contribution is -2.18. The van der Waals surface area contributed by atoms with Gasteiger partial charge in [0.1, 0.15) is 6.04 Å². The molecule has 0 aliphatic rings. The zero-order chi connectivity index (χ0) is 11.3. The third kappa shape index (κ3) is 3.06. The van der Waals surface area contributed by atoms with Crippen LogP contribution in [-0.2, 0) is 16.1 Å². The van der Waals surface area contributed by atoms with Crippen LogP contribution in [0.4, 0.5) is 0 Å². The molecule has 1 N–H and O–H groups in total. The van der Waals surface area contributed by atoms with E-state index in [1.807, 2.05) is 13.2 Å². The van der Waals surface area contributed by atoms with Gasteiger partial charge in [0.2, 0.25) is 0 Å². The van der Waals surface area contributed by atoms with Gasteiger partial charge in [0.25, 0.3) is 0 Å². The van der Waals surface area contributed by atoms with Crippen LogP contribution in [0.15, 0.2) is 12.5 Å². The van der Waals surface area contributed by atoms with E-state index in [1.54, 1.807) is 24.7 Å². The van der Waals surface area contributed by atoms with Crippen LogP contribution >= 0.6 is 0 Å². The minimum absolute atomic E-state index is 0.231. The molecular formula is C10H17N3O2. The average molecular weight is 211 g/mol. The molecule has 0 spiro atoms. The number of aromatic nitrogens is 2. The summed E-state index contributed by atoms with van der Waals surface area (Å²) in [5.41, 5.74) is 0.911. The molecule has 0 fully saturated rings. The van der Waals surface area contributed by atoms with E-state index in [9.17, 15) is 4.79 Å². The smallest absolute Gasteiger partial charge is 0.328 e. The number of carbonyl (C=O) groups is 1. The molecule has 1 atom stereocenters. The van der Waals surface area contributed by atoms with Crippen molar-refractivity contribution in [1.29, 1.82) is 0 Å². The van der Waals surface area contributed by atoms with Crippen LogP contribution in [0.1, 0.15) is 25.6 Å². The largest absolute Gasteiger partial charge is 0.464 e. The Bertz CT molecular complexity index is 322. The van der Waals surface area contributed by atoms with Gasteiger partial charge in [0.05, 0.1) is 18.6 Å². The lowest BCUT2D eigenvalue weighted by atomic mass is 10.3. The average Bonchev–Trinajstić information content (AvgIpc) is 2.66. The molecule has 84 valence electrons.